The van der Waals surface area contributed by atoms with Crippen LogP contribution in [-0.4, -0.2) is 17.6 Å². The molecule has 90 valence electrons. The zero-order valence-electron chi connectivity index (χ0n) is 9.28. The minimum absolute atomic E-state index is 0.0677. The average Bonchev–Trinajstić information content (AvgIpc) is 2.20. The molecule has 1 aromatic carbocycles. The first-order valence-corrected chi connectivity index (χ1v) is 5.16. The number of Topliss-reactive ketones (excluding diaryl/α,β-unsaturated/α-hetero) is 2. The number of benzene rings is 1. The van der Waals surface area contributed by atoms with Gasteiger partial charge >= 0.3 is 0 Å². The van der Waals surface area contributed by atoms with Crippen LogP contribution in [0, 0.1) is 5.82 Å². The highest BCUT2D eigenvalue weighted by atomic mass is 35.5. The van der Waals surface area contributed by atoms with E-state index in [-0.39, 0.29) is 10.7 Å². The van der Waals surface area contributed by atoms with Gasteiger partial charge in [0.1, 0.15) is 5.69 Å². The molecular weight excluding hydrogens is 247 g/mol. The number of azo groups is 1. The molecule has 1 aromatic rings. The van der Waals surface area contributed by atoms with E-state index in [1.54, 1.807) is 0 Å². The summed E-state index contributed by atoms with van der Waals surface area (Å²) >= 11 is 5.56. The number of rotatable bonds is 4. The Balaban J connectivity index is 2.96. The number of carbonyl (C=O) groups excluding carboxylic acids is 2. The molecule has 6 heteroatoms. The van der Waals surface area contributed by atoms with Gasteiger partial charge in [0.15, 0.2) is 23.4 Å². The predicted octanol–water partition coefficient (Wildman–Crippen LogP) is 3.11. The molecule has 0 N–H and O–H groups in total. The highest BCUT2D eigenvalue weighted by molar-refractivity contribution is 6.30. The second-order valence-corrected chi connectivity index (χ2v) is 3.87. The number of halogens is 2. The average molecular weight is 257 g/mol. The molecule has 0 amide bonds. The summed E-state index contributed by atoms with van der Waals surface area (Å²) in [7, 11) is 0. The van der Waals surface area contributed by atoms with Crippen LogP contribution in [0.2, 0.25) is 5.02 Å². The Hall–Kier alpha value is -1.62. The summed E-state index contributed by atoms with van der Waals surface area (Å²) < 4.78 is 13.3. The van der Waals surface area contributed by atoms with Crippen molar-refractivity contribution in [3.05, 3.63) is 29.0 Å². The molecule has 0 aliphatic carbocycles. The SMILES string of the molecule is CC(=O)C(N=Nc1ccc(Cl)cc1F)C(C)=O. The Bertz CT molecular complexity index is 474. The van der Waals surface area contributed by atoms with Gasteiger partial charge in [-0.2, -0.15) is 10.2 Å². The van der Waals surface area contributed by atoms with E-state index in [0.717, 1.165) is 6.07 Å². The number of carbonyl (C=O) groups is 2. The van der Waals surface area contributed by atoms with Crippen LogP contribution in [0.15, 0.2) is 28.4 Å². The van der Waals surface area contributed by atoms with Gasteiger partial charge in [-0.3, -0.25) is 9.59 Å². The lowest BCUT2D eigenvalue weighted by molar-refractivity contribution is -0.126. The van der Waals surface area contributed by atoms with Gasteiger partial charge in [-0.05, 0) is 32.0 Å². The molecule has 1 rings (SSSR count). The summed E-state index contributed by atoms with van der Waals surface area (Å²) in [5.41, 5.74) is -0.0677. The Morgan fingerprint density at radius 1 is 1.29 bits per heavy atom. The molecule has 0 bridgehead atoms. The molecule has 0 heterocycles. The first-order valence-electron chi connectivity index (χ1n) is 4.78. The van der Waals surface area contributed by atoms with Crippen molar-refractivity contribution in [2.45, 2.75) is 19.9 Å². The molecule has 0 spiro atoms. The van der Waals surface area contributed by atoms with Crippen LogP contribution in [0.5, 0.6) is 0 Å². The van der Waals surface area contributed by atoms with Crippen molar-refractivity contribution in [2.75, 3.05) is 0 Å². The third-order valence-electron chi connectivity index (χ3n) is 1.96. The van der Waals surface area contributed by atoms with E-state index in [9.17, 15) is 14.0 Å². The summed E-state index contributed by atoms with van der Waals surface area (Å²) in [5, 5.41) is 7.30. The van der Waals surface area contributed by atoms with Crippen LogP contribution in [0.25, 0.3) is 0 Å². The lowest BCUT2D eigenvalue weighted by Crippen LogP contribution is -2.23. The van der Waals surface area contributed by atoms with Crippen LogP contribution >= 0.6 is 11.6 Å². The van der Waals surface area contributed by atoms with Crippen LogP contribution in [0.3, 0.4) is 0 Å². The fraction of sp³-hybridized carbons (Fsp3) is 0.273. The summed E-state index contributed by atoms with van der Waals surface area (Å²) in [6.07, 6.45) is 0. The second-order valence-electron chi connectivity index (χ2n) is 3.44. The number of nitrogens with zero attached hydrogens (tertiary/aromatic N) is 2. The normalized spacial score (nSPS) is 11.1. The predicted molar refractivity (Wildman–Crippen MR) is 61.1 cm³/mol. The molecule has 0 aliphatic heterocycles. The van der Waals surface area contributed by atoms with Crippen LogP contribution in [0.4, 0.5) is 10.1 Å². The van der Waals surface area contributed by atoms with Crippen LogP contribution < -0.4 is 0 Å². The van der Waals surface area contributed by atoms with E-state index in [4.69, 9.17) is 11.6 Å². The van der Waals surface area contributed by atoms with Gasteiger partial charge in [0.05, 0.1) is 0 Å². The zero-order chi connectivity index (χ0) is 13.0. The molecule has 0 aromatic heterocycles. The van der Waals surface area contributed by atoms with Gasteiger partial charge in [0, 0.05) is 5.02 Å². The standard InChI is InChI=1S/C11H10ClFN2O2/c1-6(16)11(7(2)17)15-14-10-4-3-8(12)5-9(10)13/h3-5,11H,1-2H3. The first-order chi connectivity index (χ1) is 7.91. The summed E-state index contributed by atoms with van der Waals surface area (Å²) in [6, 6.07) is 2.66. The molecule has 0 saturated carbocycles. The number of hydrogen-bond acceptors (Lipinski definition) is 4. The molecule has 0 saturated heterocycles. The fourth-order valence-electron chi connectivity index (χ4n) is 1.13. The van der Waals surface area contributed by atoms with Crippen molar-refractivity contribution >= 4 is 28.9 Å². The van der Waals surface area contributed by atoms with Crippen LogP contribution in [-0.2, 0) is 9.59 Å². The van der Waals surface area contributed by atoms with E-state index in [0.29, 0.717) is 0 Å². The van der Waals surface area contributed by atoms with Crippen molar-refractivity contribution < 1.29 is 14.0 Å². The highest BCUT2D eigenvalue weighted by Crippen LogP contribution is 2.22. The molecule has 17 heavy (non-hydrogen) atoms. The first kappa shape index (κ1) is 13.4. The molecule has 0 fully saturated rings. The van der Waals surface area contributed by atoms with E-state index >= 15 is 0 Å². The third-order valence-corrected chi connectivity index (χ3v) is 2.20. The van der Waals surface area contributed by atoms with E-state index in [2.05, 4.69) is 10.2 Å². The van der Waals surface area contributed by atoms with Crippen molar-refractivity contribution in [1.82, 2.24) is 0 Å². The minimum Gasteiger partial charge on any atom is -0.297 e. The molecule has 0 atom stereocenters. The van der Waals surface area contributed by atoms with Gasteiger partial charge in [-0.1, -0.05) is 11.6 Å². The van der Waals surface area contributed by atoms with Gasteiger partial charge in [-0.15, -0.1) is 0 Å². The monoisotopic (exact) mass is 256 g/mol. The lowest BCUT2D eigenvalue weighted by atomic mass is 10.1. The summed E-state index contributed by atoms with van der Waals surface area (Å²) in [5.74, 6) is -1.53. The maximum Gasteiger partial charge on any atom is 0.187 e. The Labute approximate surface area is 102 Å². The topological polar surface area (TPSA) is 58.9 Å². The molecule has 0 radical (unpaired) electrons. The van der Waals surface area contributed by atoms with Gasteiger partial charge in [-0.25, -0.2) is 4.39 Å². The van der Waals surface area contributed by atoms with Gasteiger partial charge in [0.2, 0.25) is 0 Å². The number of ketones is 2. The highest BCUT2D eigenvalue weighted by Gasteiger charge is 2.18. The van der Waals surface area contributed by atoms with E-state index < -0.39 is 23.4 Å². The molecular formula is C11H10ClFN2O2. The quantitative estimate of drug-likeness (QED) is 0.614. The van der Waals surface area contributed by atoms with E-state index in [1.165, 1.54) is 26.0 Å². The Morgan fingerprint density at radius 3 is 2.35 bits per heavy atom. The fourth-order valence-corrected chi connectivity index (χ4v) is 1.29. The zero-order valence-corrected chi connectivity index (χ0v) is 10.0. The summed E-state index contributed by atoms with van der Waals surface area (Å²) in [6.45, 7) is 2.45. The van der Waals surface area contributed by atoms with Crippen molar-refractivity contribution in [3.63, 3.8) is 0 Å². The maximum atomic E-state index is 13.3. The lowest BCUT2D eigenvalue weighted by Gasteiger charge is -2.02. The van der Waals surface area contributed by atoms with Crippen molar-refractivity contribution in [1.29, 1.82) is 0 Å². The second kappa shape index (κ2) is 5.63. The Morgan fingerprint density at radius 2 is 1.88 bits per heavy atom. The Kier molecular flexibility index (Phi) is 4.45. The largest absolute Gasteiger partial charge is 0.297 e. The molecule has 0 aliphatic rings. The molecule has 0 unspecified atom stereocenters. The van der Waals surface area contributed by atoms with Gasteiger partial charge < -0.3 is 0 Å². The van der Waals surface area contributed by atoms with Crippen LogP contribution in [0.1, 0.15) is 13.8 Å². The third kappa shape index (κ3) is 3.71. The minimum atomic E-state index is -1.18. The van der Waals surface area contributed by atoms with Gasteiger partial charge in [0.25, 0.3) is 0 Å². The molecule has 4 nitrogen and oxygen atoms in total. The smallest absolute Gasteiger partial charge is 0.187 e. The van der Waals surface area contributed by atoms with Crippen molar-refractivity contribution in [3.8, 4) is 0 Å². The maximum absolute atomic E-state index is 13.3. The summed E-state index contributed by atoms with van der Waals surface area (Å²) in [4.78, 5) is 22.1. The van der Waals surface area contributed by atoms with E-state index in [1.807, 2.05) is 0 Å². The number of hydrogen-bond donors (Lipinski definition) is 0. The van der Waals surface area contributed by atoms with Crippen molar-refractivity contribution in [2.24, 2.45) is 10.2 Å².